The van der Waals surface area contributed by atoms with Crippen LogP contribution in [-0.4, -0.2) is 60.2 Å². The molecule has 0 radical (unpaired) electrons. The number of nitrogens with two attached hydrogens (primary N) is 1. The van der Waals surface area contributed by atoms with E-state index in [1.807, 2.05) is 0 Å². The van der Waals surface area contributed by atoms with Crippen molar-refractivity contribution in [3.8, 4) is 6.01 Å². The molecule has 1 aliphatic heterocycles. The van der Waals surface area contributed by atoms with Crippen LogP contribution in [-0.2, 0) is 0 Å². The van der Waals surface area contributed by atoms with Gasteiger partial charge < -0.3 is 20.3 Å². The molecule has 0 spiro atoms. The number of ether oxygens (including phenoxy) is 1. The molecule has 1 aliphatic rings. The lowest BCUT2D eigenvalue weighted by Gasteiger charge is -2.27. The summed E-state index contributed by atoms with van der Waals surface area (Å²) in [5, 5.41) is 0. The minimum atomic E-state index is 0.201. The first-order valence-corrected chi connectivity index (χ1v) is 6.07. The van der Waals surface area contributed by atoms with Gasteiger partial charge >= 0.3 is 6.01 Å². The molecule has 2 heterocycles. The third-order valence-electron chi connectivity index (χ3n) is 3.01. The molecular weight excluding hydrogens is 232 g/mol. The van der Waals surface area contributed by atoms with Crippen molar-refractivity contribution < 1.29 is 4.74 Å². The summed E-state index contributed by atoms with van der Waals surface area (Å²) in [5.41, 5.74) is 5.67. The first-order chi connectivity index (χ1) is 8.60. The van der Waals surface area contributed by atoms with E-state index in [-0.39, 0.29) is 12.0 Å². The van der Waals surface area contributed by atoms with Crippen molar-refractivity contribution in [1.82, 2.24) is 19.9 Å². The monoisotopic (exact) mass is 252 g/mol. The Balaban J connectivity index is 2.21. The highest BCUT2D eigenvalue weighted by Crippen LogP contribution is 2.24. The molecule has 100 valence electrons. The minimum Gasteiger partial charge on any atom is -0.467 e. The predicted octanol–water partition coefficient (Wildman–Crippen LogP) is -0.00720. The molecule has 18 heavy (non-hydrogen) atoms. The summed E-state index contributed by atoms with van der Waals surface area (Å²) >= 11 is 0. The smallest absolute Gasteiger partial charge is 0.322 e. The number of aromatic nitrogens is 3. The van der Waals surface area contributed by atoms with Gasteiger partial charge in [0.05, 0.1) is 7.11 Å². The quantitative estimate of drug-likeness (QED) is 0.807. The van der Waals surface area contributed by atoms with E-state index in [0.717, 1.165) is 25.9 Å². The van der Waals surface area contributed by atoms with Crippen molar-refractivity contribution >= 4 is 11.9 Å². The fourth-order valence-corrected chi connectivity index (χ4v) is 2.29. The van der Waals surface area contributed by atoms with Gasteiger partial charge in [-0.25, -0.2) is 0 Å². The topological polar surface area (TPSA) is 80.4 Å². The molecular formula is C11H20N6O. The maximum absolute atomic E-state index is 5.67. The standard InChI is InChI=1S/C11H20N6O/c1-16(2)7-8-5-4-6-17(8)10-13-9(12)14-11(15-10)18-3/h8H,4-7H2,1-3H3,(H2,12,13,14,15). The molecule has 1 unspecified atom stereocenters. The molecule has 1 fully saturated rings. The van der Waals surface area contributed by atoms with Gasteiger partial charge in [-0.05, 0) is 26.9 Å². The highest BCUT2D eigenvalue weighted by molar-refractivity contribution is 5.38. The largest absolute Gasteiger partial charge is 0.467 e. The number of anilines is 2. The molecule has 2 N–H and O–H groups in total. The van der Waals surface area contributed by atoms with Crippen LogP contribution in [0.2, 0.25) is 0 Å². The number of nitrogens with zero attached hydrogens (tertiary/aromatic N) is 5. The lowest BCUT2D eigenvalue weighted by molar-refractivity contribution is 0.366. The second-order valence-electron chi connectivity index (χ2n) is 4.73. The van der Waals surface area contributed by atoms with Crippen molar-refractivity contribution in [2.75, 3.05) is 44.9 Å². The Hall–Kier alpha value is -1.63. The molecule has 2 rings (SSSR count). The van der Waals surface area contributed by atoms with Gasteiger partial charge in [0.25, 0.3) is 0 Å². The number of likely N-dealkylation sites (N-methyl/N-ethyl adjacent to an activating group) is 1. The molecule has 1 atom stereocenters. The lowest BCUT2D eigenvalue weighted by Crippen LogP contribution is -2.38. The SMILES string of the molecule is COc1nc(N)nc(N2CCCC2CN(C)C)n1. The van der Waals surface area contributed by atoms with Crippen LogP contribution >= 0.6 is 0 Å². The van der Waals surface area contributed by atoms with Gasteiger partial charge in [0.1, 0.15) is 0 Å². The van der Waals surface area contributed by atoms with Crippen molar-refractivity contribution in [3.05, 3.63) is 0 Å². The van der Waals surface area contributed by atoms with Crippen LogP contribution in [0.25, 0.3) is 0 Å². The first-order valence-electron chi connectivity index (χ1n) is 6.07. The zero-order valence-electron chi connectivity index (χ0n) is 11.1. The fourth-order valence-electron chi connectivity index (χ4n) is 2.29. The van der Waals surface area contributed by atoms with Gasteiger partial charge in [-0.1, -0.05) is 0 Å². The predicted molar refractivity (Wildman–Crippen MR) is 69.7 cm³/mol. The second-order valence-corrected chi connectivity index (χ2v) is 4.73. The average molecular weight is 252 g/mol. The summed E-state index contributed by atoms with van der Waals surface area (Å²) in [5.74, 6) is 0.816. The van der Waals surface area contributed by atoms with Gasteiger partial charge in [-0.15, -0.1) is 0 Å². The maximum Gasteiger partial charge on any atom is 0.322 e. The second kappa shape index (κ2) is 5.34. The number of hydrogen-bond acceptors (Lipinski definition) is 7. The van der Waals surface area contributed by atoms with Crippen LogP contribution < -0.4 is 15.4 Å². The maximum atomic E-state index is 5.67. The molecule has 1 aromatic rings. The third-order valence-corrected chi connectivity index (χ3v) is 3.01. The van der Waals surface area contributed by atoms with E-state index in [4.69, 9.17) is 10.5 Å². The Morgan fingerprint density at radius 2 is 2.17 bits per heavy atom. The van der Waals surface area contributed by atoms with Crippen molar-refractivity contribution in [1.29, 1.82) is 0 Å². The van der Waals surface area contributed by atoms with Crippen LogP contribution in [0.3, 0.4) is 0 Å². The zero-order chi connectivity index (χ0) is 13.1. The highest BCUT2D eigenvalue weighted by atomic mass is 16.5. The summed E-state index contributed by atoms with van der Waals surface area (Å²) in [6.07, 6.45) is 2.29. The van der Waals surface area contributed by atoms with Crippen molar-refractivity contribution in [2.45, 2.75) is 18.9 Å². The number of methoxy groups -OCH3 is 1. The van der Waals surface area contributed by atoms with E-state index < -0.39 is 0 Å². The Bertz CT molecular complexity index is 411. The molecule has 0 amide bonds. The first kappa shape index (κ1) is 12.8. The van der Waals surface area contributed by atoms with Gasteiger partial charge in [-0.3, -0.25) is 0 Å². The van der Waals surface area contributed by atoms with Gasteiger partial charge in [0.15, 0.2) is 0 Å². The molecule has 1 saturated heterocycles. The molecule has 0 bridgehead atoms. The molecule has 1 aromatic heterocycles. The van der Waals surface area contributed by atoms with Gasteiger partial charge in [-0.2, -0.15) is 15.0 Å². The number of hydrogen-bond donors (Lipinski definition) is 1. The van der Waals surface area contributed by atoms with Crippen LogP contribution in [0.5, 0.6) is 6.01 Å². The third kappa shape index (κ3) is 2.79. The van der Waals surface area contributed by atoms with Crippen molar-refractivity contribution in [2.24, 2.45) is 0 Å². The molecule has 0 saturated carbocycles. The molecule has 0 aromatic carbocycles. The highest BCUT2D eigenvalue weighted by Gasteiger charge is 2.27. The van der Waals surface area contributed by atoms with E-state index >= 15 is 0 Å². The minimum absolute atomic E-state index is 0.201. The van der Waals surface area contributed by atoms with E-state index in [2.05, 4.69) is 38.8 Å². The van der Waals surface area contributed by atoms with Gasteiger partial charge in [0, 0.05) is 19.1 Å². The van der Waals surface area contributed by atoms with Gasteiger partial charge in [0.2, 0.25) is 11.9 Å². The summed E-state index contributed by atoms with van der Waals surface area (Å²) in [7, 11) is 5.66. The summed E-state index contributed by atoms with van der Waals surface area (Å²) in [4.78, 5) is 16.7. The summed E-state index contributed by atoms with van der Waals surface area (Å²) in [6.45, 7) is 1.93. The Morgan fingerprint density at radius 1 is 1.39 bits per heavy atom. The Kier molecular flexibility index (Phi) is 3.81. The summed E-state index contributed by atoms with van der Waals surface area (Å²) < 4.78 is 5.03. The average Bonchev–Trinajstić information content (AvgIpc) is 2.75. The lowest BCUT2D eigenvalue weighted by atomic mass is 10.2. The molecule has 0 aliphatic carbocycles. The normalized spacial score (nSPS) is 19.6. The van der Waals surface area contributed by atoms with Crippen LogP contribution in [0.15, 0.2) is 0 Å². The summed E-state index contributed by atoms with van der Waals surface area (Å²) in [6, 6.07) is 0.694. The van der Waals surface area contributed by atoms with Crippen LogP contribution in [0.4, 0.5) is 11.9 Å². The van der Waals surface area contributed by atoms with Crippen LogP contribution in [0, 0.1) is 0 Å². The van der Waals surface area contributed by atoms with Crippen LogP contribution in [0.1, 0.15) is 12.8 Å². The zero-order valence-corrected chi connectivity index (χ0v) is 11.1. The van der Waals surface area contributed by atoms with E-state index in [0.29, 0.717) is 12.0 Å². The fraction of sp³-hybridized carbons (Fsp3) is 0.727. The van der Waals surface area contributed by atoms with E-state index in [1.54, 1.807) is 0 Å². The Morgan fingerprint density at radius 3 is 2.83 bits per heavy atom. The Labute approximate surface area is 107 Å². The number of rotatable bonds is 4. The molecule has 7 heteroatoms. The van der Waals surface area contributed by atoms with E-state index in [1.165, 1.54) is 7.11 Å². The number of nitrogen functional groups attached to an aromatic ring is 1. The van der Waals surface area contributed by atoms with E-state index in [9.17, 15) is 0 Å². The van der Waals surface area contributed by atoms with Crippen molar-refractivity contribution in [3.63, 3.8) is 0 Å². The molecule has 7 nitrogen and oxygen atoms in total.